The van der Waals surface area contributed by atoms with Crippen molar-refractivity contribution in [3.05, 3.63) is 59.0 Å². The number of likely N-dealkylation sites (tertiary alicyclic amines) is 1. The predicted molar refractivity (Wildman–Crippen MR) is 93.8 cm³/mol. The number of carbonyl (C=O) groups excluding carboxylic acids is 1. The number of carboxylic acids is 1. The molecule has 1 N–H and O–H groups in total. The fourth-order valence-electron chi connectivity index (χ4n) is 3.27. The van der Waals surface area contributed by atoms with Gasteiger partial charge in [0, 0.05) is 13.1 Å². The first kappa shape index (κ1) is 17.3. The zero-order valence-electron chi connectivity index (χ0n) is 14.4. The SMILES string of the molecule is Cc1ccc(CCC2CCN(C(=O)c3ccc(C(=O)O)o3)CC2)cc1. The molecule has 1 aliphatic rings. The number of hydrogen-bond acceptors (Lipinski definition) is 3. The number of carboxylic acid groups (broad SMARTS) is 1. The minimum atomic E-state index is -1.16. The number of rotatable bonds is 5. The molecule has 3 rings (SSSR count). The van der Waals surface area contributed by atoms with Crippen LogP contribution in [0.15, 0.2) is 40.8 Å². The molecule has 1 aromatic heterocycles. The van der Waals surface area contributed by atoms with Gasteiger partial charge in [0.1, 0.15) is 0 Å². The number of amides is 1. The van der Waals surface area contributed by atoms with E-state index in [0.717, 1.165) is 25.7 Å². The maximum absolute atomic E-state index is 12.4. The van der Waals surface area contributed by atoms with E-state index in [-0.39, 0.29) is 17.4 Å². The summed E-state index contributed by atoms with van der Waals surface area (Å²) in [5.74, 6) is -0.846. The van der Waals surface area contributed by atoms with Gasteiger partial charge in [0.15, 0.2) is 5.76 Å². The van der Waals surface area contributed by atoms with Crippen molar-refractivity contribution in [3.63, 3.8) is 0 Å². The Morgan fingerprint density at radius 1 is 1.08 bits per heavy atom. The summed E-state index contributed by atoms with van der Waals surface area (Å²) in [6.45, 7) is 3.48. The van der Waals surface area contributed by atoms with Gasteiger partial charge in [-0.05, 0) is 56.2 Å². The molecule has 0 bridgehead atoms. The van der Waals surface area contributed by atoms with Crippen LogP contribution in [0.25, 0.3) is 0 Å². The molecule has 1 aromatic carbocycles. The number of furan rings is 1. The number of nitrogens with zero attached hydrogens (tertiary/aromatic N) is 1. The lowest BCUT2D eigenvalue weighted by Crippen LogP contribution is -2.38. The van der Waals surface area contributed by atoms with E-state index in [4.69, 9.17) is 9.52 Å². The summed E-state index contributed by atoms with van der Waals surface area (Å²) in [4.78, 5) is 25.0. The van der Waals surface area contributed by atoms with Crippen LogP contribution in [0.2, 0.25) is 0 Å². The average Bonchev–Trinajstić information content (AvgIpc) is 3.11. The van der Waals surface area contributed by atoms with Gasteiger partial charge in [-0.3, -0.25) is 4.79 Å². The first-order valence-electron chi connectivity index (χ1n) is 8.71. The van der Waals surface area contributed by atoms with Crippen molar-refractivity contribution in [1.82, 2.24) is 4.90 Å². The Morgan fingerprint density at radius 2 is 1.72 bits per heavy atom. The van der Waals surface area contributed by atoms with Crippen LogP contribution in [-0.4, -0.2) is 35.0 Å². The Bertz CT molecular complexity index is 739. The molecule has 1 fully saturated rings. The lowest BCUT2D eigenvalue weighted by atomic mass is 9.90. The molecule has 5 heteroatoms. The Labute approximate surface area is 147 Å². The third-order valence-corrected chi connectivity index (χ3v) is 4.89. The van der Waals surface area contributed by atoms with E-state index < -0.39 is 5.97 Å². The van der Waals surface area contributed by atoms with Crippen molar-refractivity contribution in [2.24, 2.45) is 5.92 Å². The topological polar surface area (TPSA) is 70.8 Å². The van der Waals surface area contributed by atoms with Crippen LogP contribution in [0.4, 0.5) is 0 Å². The fraction of sp³-hybridized carbons (Fsp3) is 0.400. The zero-order chi connectivity index (χ0) is 17.8. The minimum absolute atomic E-state index is 0.107. The summed E-state index contributed by atoms with van der Waals surface area (Å²) < 4.78 is 5.11. The fourth-order valence-corrected chi connectivity index (χ4v) is 3.27. The van der Waals surface area contributed by atoms with Gasteiger partial charge < -0.3 is 14.4 Å². The normalized spacial score (nSPS) is 15.3. The summed E-state index contributed by atoms with van der Waals surface area (Å²) in [7, 11) is 0. The van der Waals surface area contributed by atoms with E-state index in [1.807, 2.05) is 0 Å². The van der Waals surface area contributed by atoms with Gasteiger partial charge in [-0.2, -0.15) is 0 Å². The Balaban J connectivity index is 1.48. The second-order valence-corrected chi connectivity index (χ2v) is 6.73. The predicted octanol–water partition coefficient (Wildman–Crippen LogP) is 3.77. The van der Waals surface area contributed by atoms with Crippen molar-refractivity contribution in [3.8, 4) is 0 Å². The molecular formula is C20H23NO4. The van der Waals surface area contributed by atoms with Gasteiger partial charge in [0.05, 0.1) is 0 Å². The van der Waals surface area contributed by atoms with Gasteiger partial charge in [0.2, 0.25) is 5.76 Å². The second-order valence-electron chi connectivity index (χ2n) is 6.73. The van der Waals surface area contributed by atoms with Crippen molar-refractivity contribution in [2.75, 3.05) is 13.1 Å². The Morgan fingerprint density at radius 3 is 2.32 bits per heavy atom. The van der Waals surface area contributed by atoms with Gasteiger partial charge in [0.25, 0.3) is 5.91 Å². The van der Waals surface area contributed by atoms with Gasteiger partial charge in [-0.25, -0.2) is 4.79 Å². The summed E-state index contributed by atoms with van der Waals surface area (Å²) in [5, 5.41) is 8.87. The van der Waals surface area contributed by atoms with Crippen LogP contribution in [-0.2, 0) is 6.42 Å². The number of aryl methyl sites for hydroxylation is 2. The molecular weight excluding hydrogens is 318 g/mol. The maximum Gasteiger partial charge on any atom is 0.371 e. The minimum Gasteiger partial charge on any atom is -0.475 e. The molecule has 5 nitrogen and oxygen atoms in total. The summed E-state index contributed by atoms with van der Waals surface area (Å²) in [5.41, 5.74) is 2.64. The molecule has 0 saturated carbocycles. The smallest absolute Gasteiger partial charge is 0.371 e. The van der Waals surface area contributed by atoms with E-state index in [0.29, 0.717) is 19.0 Å². The average molecular weight is 341 g/mol. The zero-order valence-corrected chi connectivity index (χ0v) is 14.4. The van der Waals surface area contributed by atoms with Gasteiger partial charge in [-0.1, -0.05) is 29.8 Å². The number of carbonyl (C=O) groups is 2. The van der Waals surface area contributed by atoms with E-state index in [9.17, 15) is 9.59 Å². The van der Waals surface area contributed by atoms with Crippen molar-refractivity contribution < 1.29 is 19.1 Å². The highest BCUT2D eigenvalue weighted by Crippen LogP contribution is 2.24. The lowest BCUT2D eigenvalue weighted by molar-refractivity contribution is 0.0627. The van der Waals surface area contributed by atoms with Crippen LogP contribution in [0.1, 0.15) is 51.5 Å². The van der Waals surface area contributed by atoms with Crippen molar-refractivity contribution in [2.45, 2.75) is 32.6 Å². The third kappa shape index (κ3) is 4.29. The molecule has 1 aliphatic heterocycles. The molecule has 25 heavy (non-hydrogen) atoms. The standard InChI is InChI=1S/C20H23NO4/c1-14-2-4-15(5-3-14)6-7-16-10-12-21(13-11-16)19(22)17-8-9-18(25-17)20(23)24/h2-5,8-9,16H,6-7,10-13H2,1H3,(H,23,24). The van der Waals surface area contributed by atoms with Gasteiger partial charge >= 0.3 is 5.97 Å². The number of hydrogen-bond donors (Lipinski definition) is 1. The van der Waals surface area contributed by atoms with E-state index in [1.165, 1.54) is 23.3 Å². The monoisotopic (exact) mass is 341 g/mol. The van der Waals surface area contributed by atoms with Crippen LogP contribution in [0, 0.1) is 12.8 Å². The second kappa shape index (κ2) is 7.55. The van der Waals surface area contributed by atoms with Crippen LogP contribution >= 0.6 is 0 Å². The van der Waals surface area contributed by atoms with Crippen LogP contribution in [0.3, 0.4) is 0 Å². The van der Waals surface area contributed by atoms with E-state index in [1.54, 1.807) is 4.90 Å². The third-order valence-electron chi connectivity index (χ3n) is 4.89. The number of benzene rings is 1. The Kier molecular flexibility index (Phi) is 5.22. The van der Waals surface area contributed by atoms with E-state index in [2.05, 4.69) is 31.2 Å². The lowest BCUT2D eigenvalue weighted by Gasteiger charge is -2.31. The molecule has 0 unspecified atom stereocenters. The molecule has 2 heterocycles. The van der Waals surface area contributed by atoms with Crippen LogP contribution < -0.4 is 0 Å². The first-order chi connectivity index (χ1) is 12.0. The Hall–Kier alpha value is -2.56. The largest absolute Gasteiger partial charge is 0.475 e. The molecule has 2 aromatic rings. The number of aromatic carboxylic acids is 1. The molecule has 0 atom stereocenters. The molecule has 0 spiro atoms. The van der Waals surface area contributed by atoms with Gasteiger partial charge in [-0.15, -0.1) is 0 Å². The summed E-state index contributed by atoms with van der Waals surface area (Å²) >= 11 is 0. The molecule has 0 radical (unpaired) electrons. The summed E-state index contributed by atoms with van der Waals surface area (Å²) in [6, 6.07) is 11.4. The molecule has 132 valence electrons. The highest BCUT2D eigenvalue weighted by Gasteiger charge is 2.26. The molecule has 1 saturated heterocycles. The molecule has 0 aliphatic carbocycles. The quantitative estimate of drug-likeness (QED) is 0.898. The highest BCUT2D eigenvalue weighted by atomic mass is 16.4. The van der Waals surface area contributed by atoms with Crippen LogP contribution in [0.5, 0.6) is 0 Å². The molecule has 1 amide bonds. The van der Waals surface area contributed by atoms with E-state index >= 15 is 0 Å². The summed E-state index contributed by atoms with van der Waals surface area (Å²) in [6.07, 6.45) is 4.16. The highest BCUT2D eigenvalue weighted by molar-refractivity contribution is 5.93. The van der Waals surface area contributed by atoms with Crippen molar-refractivity contribution in [1.29, 1.82) is 0 Å². The first-order valence-corrected chi connectivity index (χ1v) is 8.71. The number of piperidine rings is 1. The maximum atomic E-state index is 12.4. The van der Waals surface area contributed by atoms with Crippen molar-refractivity contribution >= 4 is 11.9 Å².